The number of nitrogens with one attached hydrogen (secondary N) is 1. The lowest BCUT2D eigenvalue weighted by atomic mass is 10.1. The van der Waals surface area contributed by atoms with Crippen molar-refractivity contribution in [3.63, 3.8) is 0 Å². The number of amides is 1. The van der Waals surface area contributed by atoms with Gasteiger partial charge < -0.3 is 11.1 Å². The highest BCUT2D eigenvalue weighted by Crippen LogP contribution is 2.12. The number of nitrogens with two attached hydrogens (primary N) is 1. The molecule has 17 heavy (non-hydrogen) atoms. The van der Waals surface area contributed by atoms with E-state index in [4.69, 9.17) is 5.73 Å². The number of aryl methyl sites for hydroxylation is 1. The van der Waals surface area contributed by atoms with E-state index < -0.39 is 0 Å². The van der Waals surface area contributed by atoms with Gasteiger partial charge in [-0.25, -0.2) is 0 Å². The molecule has 1 aromatic rings. The van der Waals surface area contributed by atoms with Crippen LogP contribution in [0.2, 0.25) is 0 Å². The molecule has 4 heteroatoms. The molecule has 0 radical (unpaired) electrons. The SMILES string of the molecule is CSCCCCNC(=O)c1ccc(C)c(N)c1. The van der Waals surface area contributed by atoms with Crippen LogP contribution in [0.25, 0.3) is 0 Å². The Morgan fingerprint density at radius 2 is 2.18 bits per heavy atom. The maximum absolute atomic E-state index is 11.8. The predicted octanol–water partition coefficient (Wildman–Crippen LogP) is 2.45. The van der Waals surface area contributed by atoms with Crippen LogP contribution in [0.1, 0.15) is 28.8 Å². The van der Waals surface area contributed by atoms with E-state index in [-0.39, 0.29) is 5.91 Å². The molecular formula is C13H20N2OS. The van der Waals surface area contributed by atoms with Crippen LogP contribution < -0.4 is 11.1 Å². The van der Waals surface area contributed by atoms with E-state index in [0.29, 0.717) is 11.3 Å². The first-order chi connectivity index (χ1) is 8.15. The van der Waals surface area contributed by atoms with Crippen LogP contribution in [0.5, 0.6) is 0 Å². The minimum absolute atomic E-state index is 0.0409. The zero-order chi connectivity index (χ0) is 12.7. The summed E-state index contributed by atoms with van der Waals surface area (Å²) in [6, 6.07) is 5.41. The number of carbonyl (C=O) groups excluding carboxylic acids is 1. The molecule has 0 saturated heterocycles. The molecule has 1 amide bonds. The topological polar surface area (TPSA) is 55.1 Å². The molecular weight excluding hydrogens is 232 g/mol. The van der Waals surface area contributed by atoms with Crippen LogP contribution >= 0.6 is 11.8 Å². The van der Waals surface area contributed by atoms with Crippen molar-refractivity contribution in [2.75, 3.05) is 24.3 Å². The zero-order valence-electron chi connectivity index (χ0n) is 10.5. The van der Waals surface area contributed by atoms with E-state index in [2.05, 4.69) is 11.6 Å². The second-order valence-electron chi connectivity index (χ2n) is 4.03. The maximum Gasteiger partial charge on any atom is 0.251 e. The summed E-state index contributed by atoms with van der Waals surface area (Å²) in [7, 11) is 0. The minimum atomic E-state index is -0.0409. The van der Waals surface area contributed by atoms with Crippen LogP contribution in [-0.2, 0) is 0 Å². The van der Waals surface area contributed by atoms with Gasteiger partial charge >= 0.3 is 0 Å². The summed E-state index contributed by atoms with van der Waals surface area (Å²) in [5.74, 6) is 1.11. The van der Waals surface area contributed by atoms with Crippen LogP contribution in [0.15, 0.2) is 18.2 Å². The number of rotatable bonds is 6. The Labute approximate surface area is 107 Å². The lowest BCUT2D eigenvalue weighted by Gasteiger charge is -2.06. The quantitative estimate of drug-likeness (QED) is 0.604. The van der Waals surface area contributed by atoms with Crippen molar-refractivity contribution in [1.29, 1.82) is 0 Å². The van der Waals surface area contributed by atoms with Gasteiger partial charge in [0.1, 0.15) is 0 Å². The smallest absolute Gasteiger partial charge is 0.251 e. The number of hydrogen-bond acceptors (Lipinski definition) is 3. The third kappa shape index (κ3) is 4.69. The van der Waals surface area contributed by atoms with Gasteiger partial charge in [0, 0.05) is 17.8 Å². The number of nitrogen functional groups attached to an aromatic ring is 1. The molecule has 1 aromatic carbocycles. The molecule has 0 heterocycles. The fraction of sp³-hybridized carbons (Fsp3) is 0.462. The third-order valence-electron chi connectivity index (χ3n) is 2.60. The van der Waals surface area contributed by atoms with Crippen LogP contribution in [-0.4, -0.2) is 24.5 Å². The second-order valence-corrected chi connectivity index (χ2v) is 5.01. The molecule has 94 valence electrons. The number of unbranched alkanes of at least 4 members (excludes halogenated alkanes) is 1. The summed E-state index contributed by atoms with van der Waals surface area (Å²) >= 11 is 1.83. The molecule has 0 aliphatic heterocycles. The first kappa shape index (κ1) is 13.9. The van der Waals surface area contributed by atoms with Gasteiger partial charge in [0.05, 0.1) is 0 Å². The van der Waals surface area contributed by atoms with Gasteiger partial charge in [-0.2, -0.15) is 11.8 Å². The highest BCUT2D eigenvalue weighted by atomic mass is 32.2. The number of hydrogen-bond donors (Lipinski definition) is 2. The monoisotopic (exact) mass is 252 g/mol. The molecule has 0 spiro atoms. The summed E-state index contributed by atoms with van der Waals surface area (Å²) in [6.45, 7) is 2.66. The van der Waals surface area contributed by atoms with E-state index >= 15 is 0 Å². The van der Waals surface area contributed by atoms with Crippen molar-refractivity contribution in [2.45, 2.75) is 19.8 Å². The summed E-state index contributed by atoms with van der Waals surface area (Å²) < 4.78 is 0. The van der Waals surface area contributed by atoms with Gasteiger partial charge in [0.15, 0.2) is 0 Å². The van der Waals surface area contributed by atoms with Crippen molar-refractivity contribution in [3.05, 3.63) is 29.3 Å². The molecule has 0 bridgehead atoms. The van der Waals surface area contributed by atoms with Crippen molar-refractivity contribution >= 4 is 23.4 Å². The average molecular weight is 252 g/mol. The fourth-order valence-electron chi connectivity index (χ4n) is 1.46. The summed E-state index contributed by atoms with van der Waals surface area (Å²) in [5.41, 5.74) is 8.08. The molecule has 0 aromatic heterocycles. The lowest BCUT2D eigenvalue weighted by Crippen LogP contribution is -2.24. The van der Waals surface area contributed by atoms with Gasteiger partial charge in [0.25, 0.3) is 5.91 Å². The first-order valence-corrected chi connectivity index (χ1v) is 7.18. The number of carbonyl (C=O) groups is 1. The molecule has 0 atom stereocenters. The van der Waals surface area contributed by atoms with Gasteiger partial charge in [-0.1, -0.05) is 6.07 Å². The van der Waals surface area contributed by atoms with Gasteiger partial charge in [-0.3, -0.25) is 4.79 Å². The fourth-order valence-corrected chi connectivity index (χ4v) is 1.95. The third-order valence-corrected chi connectivity index (χ3v) is 3.30. The van der Waals surface area contributed by atoms with E-state index in [9.17, 15) is 4.79 Å². The standard InChI is InChI=1S/C13H20N2OS/c1-10-5-6-11(9-12(10)14)13(16)15-7-3-4-8-17-2/h5-6,9H,3-4,7-8,14H2,1-2H3,(H,15,16). The second kappa shape index (κ2) is 7.22. The Hall–Kier alpha value is -1.16. The number of benzene rings is 1. The minimum Gasteiger partial charge on any atom is -0.398 e. The molecule has 0 aliphatic carbocycles. The predicted molar refractivity (Wildman–Crippen MR) is 75.5 cm³/mol. The Morgan fingerprint density at radius 3 is 2.82 bits per heavy atom. The van der Waals surface area contributed by atoms with Crippen LogP contribution in [0.3, 0.4) is 0 Å². The zero-order valence-corrected chi connectivity index (χ0v) is 11.3. The van der Waals surface area contributed by atoms with Crippen molar-refractivity contribution in [2.24, 2.45) is 0 Å². The first-order valence-electron chi connectivity index (χ1n) is 5.78. The molecule has 0 saturated carbocycles. The number of thioether (sulfide) groups is 1. The van der Waals surface area contributed by atoms with E-state index in [0.717, 1.165) is 30.7 Å². The van der Waals surface area contributed by atoms with Crippen molar-refractivity contribution in [1.82, 2.24) is 5.32 Å². The van der Waals surface area contributed by atoms with Gasteiger partial charge in [-0.15, -0.1) is 0 Å². The molecule has 0 unspecified atom stereocenters. The average Bonchev–Trinajstić information content (AvgIpc) is 2.32. The summed E-state index contributed by atoms with van der Waals surface area (Å²) in [4.78, 5) is 11.8. The van der Waals surface area contributed by atoms with Gasteiger partial charge in [0.2, 0.25) is 0 Å². The Morgan fingerprint density at radius 1 is 1.41 bits per heavy atom. The van der Waals surface area contributed by atoms with Crippen LogP contribution in [0.4, 0.5) is 5.69 Å². The molecule has 1 rings (SSSR count). The Balaban J connectivity index is 2.39. The summed E-state index contributed by atoms with van der Waals surface area (Å²) in [5, 5.41) is 2.90. The largest absolute Gasteiger partial charge is 0.398 e. The molecule has 3 nitrogen and oxygen atoms in total. The Kier molecular flexibility index (Phi) is 5.91. The number of anilines is 1. The highest BCUT2D eigenvalue weighted by molar-refractivity contribution is 7.98. The van der Waals surface area contributed by atoms with E-state index in [1.54, 1.807) is 6.07 Å². The normalized spacial score (nSPS) is 10.2. The van der Waals surface area contributed by atoms with Gasteiger partial charge in [-0.05, 0) is 49.5 Å². The highest BCUT2D eigenvalue weighted by Gasteiger charge is 2.05. The van der Waals surface area contributed by atoms with Crippen LogP contribution in [0, 0.1) is 6.92 Å². The maximum atomic E-state index is 11.8. The molecule has 0 fully saturated rings. The van der Waals surface area contributed by atoms with Crippen molar-refractivity contribution < 1.29 is 4.79 Å². The molecule has 0 aliphatic rings. The summed E-state index contributed by atoms with van der Waals surface area (Å²) in [6.07, 6.45) is 4.25. The van der Waals surface area contributed by atoms with E-state index in [1.165, 1.54) is 0 Å². The van der Waals surface area contributed by atoms with Crippen molar-refractivity contribution in [3.8, 4) is 0 Å². The van der Waals surface area contributed by atoms with E-state index in [1.807, 2.05) is 30.8 Å². The lowest BCUT2D eigenvalue weighted by molar-refractivity contribution is 0.0953. The molecule has 3 N–H and O–H groups in total. The Bertz CT molecular complexity index is 380.